The molecule has 2 heterocycles. The highest BCUT2D eigenvalue weighted by molar-refractivity contribution is 9.10. The molecule has 5 nitrogen and oxygen atoms in total. The number of ether oxygens (including phenoxy) is 2. The summed E-state index contributed by atoms with van der Waals surface area (Å²) in [6, 6.07) is 21.8. The Labute approximate surface area is 229 Å². The van der Waals surface area contributed by atoms with Crippen molar-refractivity contribution in [3.05, 3.63) is 88.8 Å². The highest BCUT2D eigenvalue weighted by Crippen LogP contribution is 2.38. The van der Waals surface area contributed by atoms with Crippen LogP contribution in [0.5, 0.6) is 5.75 Å². The molecular weight excluding hydrogens is 575 g/mol. The summed E-state index contributed by atoms with van der Waals surface area (Å²) in [5.74, 6) is 0.871. The molecule has 2 aromatic carbocycles. The third kappa shape index (κ3) is 7.33. The van der Waals surface area contributed by atoms with Crippen molar-refractivity contribution in [1.29, 1.82) is 0 Å². The van der Waals surface area contributed by atoms with E-state index in [9.17, 15) is 13.2 Å². The van der Waals surface area contributed by atoms with E-state index < -0.39 is 19.9 Å². The molecule has 4 aromatic rings. The number of hydrogen-bond donors (Lipinski definition) is 0. The molecule has 0 aliphatic rings. The quantitative estimate of drug-likeness (QED) is 0.135. The molecule has 38 heavy (non-hydrogen) atoms. The first-order valence-electron chi connectivity index (χ1n) is 12.2. The van der Waals surface area contributed by atoms with Crippen LogP contribution in [0, 0.1) is 0 Å². The first kappa shape index (κ1) is 28.1. The van der Waals surface area contributed by atoms with Gasteiger partial charge in [-0.15, -0.1) is 0 Å². The molecule has 0 unspecified atom stereocenters. The fourth-order valence-corrected chi connectivity index (χ4v) is 5.10. The summed E-state index contributed by atoms with van der Waals surface area (Å²) < 4.78 is 53.8. The second-order valence-electron chi connectivity index (χ2n) is 10.1. The van der Waals surface area contributed by atoms with Crippen LogP contribution in [0.4, 0.5) is 13.2 Å². The third-order valence-electron chi connectivity index (χ3n) is 5.83. The predicted octanol–water partition coefficient (Wildman–Crippen LogP) is 8.28. The van der Waals surface area contributed by atoms with Gasteiger partial charge in [0.2, 0.25) is 0 Å². The van der Waals surface area contributed by atoms with E-state index in [0.29, 0.717) is 24.5 Å². The third-order valence-corrected chi connectivity index (χ3v) is 8.09. The molecule has 10 heteroatoms. The lowest BCUT2D eigenvalue weighted by atomic mass is 10.1. The molecule has 200 valence electrons. The van der Waals surface area contributed by atoms with Gasteiger partial charge in [-0.25, -0.2) is 4.98 Å². The van der Waals surface area contributed by atoms with Gasteiger partial charge in [0, 0.05) is 32.0 Å². The molecular formula is C28H29BrF3N3O2Si. The van der Waals surface area contributed by atoms with E-state index in [2.05, 4.69) is 45.5 Å². The van der Waals surface area contributed by atoms with Gasteiger partial charge >= 0.3 is 6.18 Å². The van der Waals surface area contributed by atoms with Gasteiger partial charge in [-0.05, 0) is 63.9 Å². The maximum Gasteiger partial charge on any atom is 0.434 e. The maximum atomic E-state index is 13.8. The second-order valence-corrected chi connectivity index (χ2v) is 16.5. The Bertz CT molecular complexity index is 1340. The topological polar surface area (TPSA) is 49.2 Å². The molecule has 0 fully saturated rings. The summed E-state index contributed by atoms with van der Waals surface area (Å²) in [5, 5.41) is 0. The molecule has 0 radical (unpaired) electrons. The van der Waals surface area contributed by atoms with Crippen molar-refractivity contribution in [1.82, 2.24) is 14.5 Å². The van der Waals surface area contributed by atoms with Crippen LogP contribution in [0.25, 0.3) is 22.6 Å². The number of halogens is 4. The van der Waals surface area contributed by atoms with Crippen molar-refractivity contribution in [2.75, 3.05) is 6.61 Å². The van der Waals surface area contributed by atoms with Crippen LogP contribution in [0.15, 0.2) is 77.5 Å². The van der Waals surface area contributed by atoms with Crippen molar-refractivity contribution in [3.63, 3.8) is 0 Å². The number of imidazole rings is 1. The predicted molar refractivity (Wildman–Crippen MR) is 148 cm³/mol. The maximum absolute atomic E-state index is 13.8. The van der Waals surface area contributed by atoms with Gasteiger partial charge in [-0.2, -0.15) is 13.2 Å². The molecule has 4 rings (SSSR count). The number of pyridine rings is 1. The minimum Gasteiger partial charge on any atom is -0.489 e. The molecule has 0 spiro atoms. The summed E-state index contributed by atoms with van der Waals surface area (Å²) in [6.07, 6.45) is -3.06. The Balaban J connectivity index is 1.51. The number of benzene rings is 2. The van der Waals surface area contributed by atoms with E-state index in [4.69, 9.17) is 9.47 Å². The van der Waals surface area contributed by atoms with E-state index in [1.54, 1.807) is 12.1 Å². The molecule has 0 aliphatic heterocycles. The van der Waals surface area contributed by atoms with Crippen molar-refractivity contribution >= 4 is 24.0 Å². The zero-order chi connectivity index (χ0) is 27.3. The van der Waals surface area contributed by atoms with E-state index >= 15 is 0 Å². The van der Waals surface area contributed by atoms with Crippen molar-refractivity contribution < 1.29 is 22.6 Å². The van der Waals surface area contributed by atoms with Crippen LogP contribution in [0.3, 0.4) is 0 Å². The first-order chi connectivity index (χ1) is 18.0. The molecule has 2 aromatic heterocycles. The van der Waals surface area contributed by atoms with Gasteiger partial charge in [-0.3, -0.25) is 9.55 Å². The standard InChI is InChI=1S/C28H29BrF3N3O2Si/c1-38(2,3)16-15-36-19-35-25(28(30,31)32)26(29)34-27(35)22-11-14-24(33-17-22)21-9-12-23(13-10-21)37-18-20-7-5-4-6-8-20/h4-14,17H,15-16,18-19H2,1-3H3. The van der Waals surface area contributed by atoms with Gasteiger partial charge in [0.25, 0.3) is 0 Å². The minimum atomic E-state index is -4.59. The normalized spacial score (nSPS) is 12.1. The van der Waals surface area contributed by atoms with E-state index in [0.717, 1.165) is 27.5 Å². The van der Waals surface area contributed by atoms with Crippen LogP contribution in [0.2, 0.25) is 25.7 Å². The lowest BCUT2D eigenvalue weighted by molar-refractivity contribution is -0.146. The lowest BCUT2D eigenvalue weighted by Crippen LogP contribution is -2.23. The van der Waals surface area contributed by atoms with E-state index in [-0.39, 0.29) is 17.2 Å². The smallest absolute Gasteiger partial charge is 0.434 e. The zero-order valence-electron chi connectivity index (χ0n) is 21.4. The average Bonchev–Trinajstić information content (AvgIpc) is 3.22. The summed E-state index contributed by atoms with van der Waals surface area (Å²) >= 11 is 2.99. The number of rotatable bonds is 10. The Morgan fingerprint density at radius 2 is 1.61 bits per heavy atom. The van der Waals surface area contributed by atoms with Gasteiger partial charge in [0.05, 0.1) is 5.69 Å². The second kappa shape index (κ2) is 11.8. The van der Waals surface area contributed by atoms with Crippen molar-refractivity contribution in [2.24, 2.45) is 0 Å². The summed E-state index contributed by atoms with van der Waals surface area (Å²) in [4.78, 5) is 8.66. The molecule has 0 saturated heterocycles. The summed E-state index contributed by atoms with van der Waals surface area (Å²) in [5.41, 5.74) is 2.20. The molecule has 0 N–H and O–H groups in total. The van der Waals surface area contributed by atoms with Crippen molar-refractivity contribution in [3.8, 4) is 28.4 Å². The molecule has 0 aliphatic carbocycles. The highest BCUT2D eigenvalue weighted by Gasteiger charge is 2.39. The largest absolute Gasteiger partial charge is 0.489 e. The number of aromatic nitrogens is 3. The number of hydrogen-bond acceptors (Lipinski definition) is 4. The lowest BCUT2D eigenvalue weighted by Gasteiger charge is -2.18. The Morgan fingerprint density at radius 3 is 2.21 bits per heavy atom. The van der Waals surface area contributed by atoms with Gasteiger partial charge < -0.3 is 9.47 Å². The summed E-state index contributed by atoms with van der Waals surface area (Å²) in [6.45, 7) is 7.18. The average molecular weight is 605 g/mol. The number of alkyl halides is 3. The first-order valence-corrected chi connectivity index (χ1v) is 16.7. The molecule has 0 bridgehead atoms. The SMILES string of the molecule is C[Si](C)(C)CCOCn1c(-c2ccc(-c3ccc(OCc4ccccc4)cc3)nc2)nc(Br)c1C(F)(F)F. The number of nitrogens with zero attached hydrogens (tertiary/aromatic N) is 3. The Kier molecular flexibility index (Phi) is 8.74. The molecule has 0 atom stereocenters. The van der Waals surface area contributed by atoms with Crippen LogP contribution in [0.1, 0.15) is 11.3 Å². The van der Waals surface area contributed by atoms with E-state index in [1.807, 2.05) is 54.6 Å². The fourth-order valence-electron chi connectivity index (χ4n) is 3.73. The highest BCUT2D eigenvalue weighted by atomic mass is 79.9. The van der Waals surface area contributed by atoms with Gasteiger partial charge in [0.15, 0.2) is 5.69 Å². The van der Waals surface area contributed by atoms with Gasteiger partial charge in [0.1, 0.15) is 29.5 Å². The minimum absolute atomic E-state index is 0.140. The Hall–Kier alpha value is -2.95. The summed E-state index contributed by atoms with van der Waals surface area (Å²) in [7, 11) is -1.38. The zero-order valence-corrected chi connectivity index (χ0v) is 24.0. The van der Waals surface area contributed by atoms with Crippen LogP contribution in [-0.4, -0.2) is 29.2 Å². The monoisotopic (exact) mass is 603 g/mol. The van der Waals surface area contributed by atoms with Crippen LogP contribution >= 0.6 is 15.9 Å². The molecule has 0 saturated carbocycles. The van der Waals surface area contributed by atoms with Crippen LogP contribution < -0.4 is 4.74 Å². The fraction of sp³-hybridized carbons (Fsp3) is 0.286. The van der Waals surface area contributed by atoms with Crippen molar-refractivity contribution in [2.45, 2.75) is 45.2 Å². The molecule has 0 amide bonds. The van der Waals surface area contributed by atoms with Crippen LogP contribution in [-0.2, 0) is 24.3 Å². The van der Waals surface area contributed by atoms with Gasteiger partial charge in [-0.1, -0.05) is 50.0 Å². The Morgan fingerprint density at radius 1 is 0.921 bits per heavy atom. The van der Waals surface area contributed by atoms with E-state index in [1.165, 1.54) is 6.20 Å².